The van der Waals surface area contributed by atoms with Crippen molar-refractivity contribution in [2.45, 2.75) is 25.2 Å². The van der Waals surface area contributed by atoms with E-state index in [1.165, 1.54) is 11.1 Å². The van der Waals surface area contributed by atoms with Gasteiger partial charge in [-0.15, -0.1) is 0 Å². The van der Waals surface area contributed by atoms with Gasteiger partial charge in [-0.2, -0.15) is 0 Å². The summed E-state index contributed by atoms with van der Waals surface area (Å²) in [5, 5.41) is 10.1. The molecule has 0 amide bonds. The monoisotopic (exact) mass is 283 g/mol. The second-order valence-electron chi connectivity index (χ2n) is 5.55. The quantitative estimate of drug-likeness (QED) is 0.915. The Morgan fingerprint density at radius 3 is 1.81 bits per heavy atom. The number of hydrogen-bond acceptors (Lipinski definition) is 3. The number of rotatable bonds is 5. The molecule has 0 radical (unpaired) electrons. The molecule has 1 N–H and O–H groups in total. The Hall–Kier alpha value is -1.68. The van der Waals surface area contributed by atoms with Crippen molar-refractivity contribution < 1.29 is 9.84 Å². The number of aliphatic hydroxyl groups excluding tert-OH is 1. The van der Waals surface area contributed by atoms with E-state index in [1.54, 1.807) is 0 Å². The first kappa shape index (κ1) is 14.3. The van der Waals surface area contributed by atoms with Crippen LogP contribution in [-0.2, 0) is 17.8 Å². The van der Waals surface area contributed by atoms with E-state index in [1.807, 2.05) is 12.1 Å². The molecule has 2 aromatic carbocycles. The van der Waals surface area contributed by atoms with Crippen LogP contribution in [0, 0.1) is 0 Å². The lowest BCUT2D eigenvalue weighted by atomic mass is 10.1. The maximum absolute atomic E-state index is 10.1. The Kier molecular flexibility index (Phi) is 4.65. The molecule has 2 aromatic rings. The van der Waals surface area contributed by atoms with Crippen LogP contribution in [0.4, 0.5) is 0 Å². The van der Waals surface area contributed by atoms with Crippen LogP contribution in [0.25, 0.3) is 0 Å². The highest BCUT2D eigenvalue weighted by Gasteiger charge is 2.31. The fourth-order valence-corrected chi connectivity index (χ4v) is 2.81. The summed E-state index contributed by atoms with van der Waals surface area (Å²) in [5.74, 6) is 0. The topological polar surface area (TPSA) is 32.7 Å². The van der Waals surface area contributed by atoms with Crippen LogP contribution in [0.2, 0.25) is 0 Å². The fraction of sp³-hybridized carbons (Fsp3) is 0.333. The van der Waals surface area contributed by atoms with Gasteiger partial charge in [-0.1, -0.05) is 60.7 Å². The maximum Gasteiger partial charge on any atom is 0.0951 e. The zero-order valence-corrected chi connectivity index (χ0v) is 12.1. The van der Waals surface area contributed by atoms with Gasteiger partial charge in [0.2, 0.25) is 0 Å². The largest absolute Gasteiger partial charge is 0.389 e. The van der Waals surface area contributed by atoms with Gasteiger partial charge >= 0.3 is 0 Å². The Morgan fingerprint density at radius 1 is 0.857 bits per heavy atom. The van der Waals surface area contributed by atoms with Crippen molar-refractivity contribution >= 4 is 0 Å². The van der Waals surface area contributed by atoms with E-state index in [2.05, 4.69) is 53.4 Å². The summed E-state index contributed by atoms with van der Waals surface area (Å²) in [4.78, 5) is 2.31. The average molecular weight is 283 g/mol. The second kappa shape index (κ2) is 6.85. The van der Waals surface area contributed by atoms with E-state index in [0.717, 1.165) is 13.1 Å². The number of hydrogen-bond donors (Lipinski definition) is 1. The van der Waals surface area contributed by atoms with Crippen LogP contribution in [0.1, 0.15) is 11.1 Å². The molecule has 2 atom stereocenters. The zero-order chi connectivity index (χ0) is 14.5. The number of aliphatic hydroxyl groups is 1. The van der Waals surface area contributed by atoms with Crippen molar-refractivity contribution in [1.82, 2.24) is 4.90 Å². The van der Waals surface area contributed by atoms with E-state index in [4.69, 9.17) is 4.74 Å². The highest BCUT2D eigenvalue weighted by molar-refractivity contribution is 5.17. The maximum atomic E-state index is 10.1. The van der Waals surface area contributed by atoms with Gasteiger partial charge in [-0.05, 0) is 11.1 Å². The highest BCUT2D eigenvalue weighted by Crippen LogP contribution is 2.19. The summed E-state index contributed by atoms with van der Waals surface area (Å²) in [6.45, 7) is 2.67. The van der Waals surface area contributed by atoms with Gasteiger partial charge in [0.05, 0.1) is 25.4 Å². The molecule has 0 aliphatic carbocycles. The Bertz CT molecular complexity index is 502. The lowest BCUT2D eigenvalue weighted by Crippen LogP contribution is -2.42. The normalized spacial score (nSPS) is 21.8. The van der Waals surface area contributed by atoms with Crippen molar-refractivity contribution in [2.75, 3.05) is 13.2 Å². The summed E-state index contributed by atoms with van der Waals surface area (Å²) >= 11 is 0. The molecule has 0 unspecified atom stereocenters. The van der Waals surface area contributed by atoms with E-state index in [9.17, 15) is 5.11 Å². The Labute approximate surface area is 125 Å². The third-order valence-corrected chi connectivity index (χ3v) is 3.95. The van der Waals surface area contributed by atoms with E-state index in [0.29, 0.717) is 13.2 Å². The van der Waals surface area contributed by atoms with Crippen LogP contribution >= 0.6 is 0 Å². The van der Waals surface area contributed by atoms with E-state index in [-0.39, 0.29) is 6.04 Å². The third-order valence-electron chi connectivity index (χ3n) is 3.95. The number of ether oxygens (including phenoxy) is 1. The van der Waals surface area contributed by atoms with Crippen LogP contribution in [0.5, 0.6) is 0 Å². The molecular weight excluding hydrogens is 262 g/mol. The van der Waals surface area contributed by atoms with Crippen molar-refractivity contribution in [3.8, 4) is 0 Å². The Morgan fingerprint density at radius 2 is 1.38 bits per heavy atom. The molecule has 3 rings (SSSR count). The van der Waals surface area contributed by atoms with Gasteiger partial charge in [0.1, 0.15) is 0 Å². The number of nitrogens with zero attached hydrogens (tertiary/aromatic N) is 1. The second-order valence-corrected chi connectivity index (χ2v) is 5.55. The van der Waals surface area contributed by atoms with Crippen molar-refractivity contribution in [3.05, 3.63) is 71.8 Å². The molecule has 1 aliphatic heterocycles. The van der Waals surface area contributed by atoms with Gasteiger partial charge < -0.3 is 9.84 Å². The first-order valence-corrected chi connectivity index (χ1v) is 7.40. The molecule has 1 heterocycles. The van der Waals surface area contributed by atoms with Gasteiger partial charge in [-0.25, -0.2) is 0 Å². The van der Waals surface area contributed by atoms with Crippen LogP contribution in [-0.4, -0.2) is 35.4 Å². The molecule has 3 nitrogen and oxygen atoms in total. The predicted molar refractivity (Wildman–Crippen MR) is 82.7 cm³/mol. The minimum atomic E-state index is -0.405. The van der Waals surface area contributed by atoms with Crippen LogP contribution in [0.15, 0.2) is 60.7 Å². The summed E-state index contributed by atoms with van der Waals surface area (Å²) in [7, 11) is 0. The summed E-state index contributed by atoms with van der Waals surface area (Å²) in [6, 6.07) is 20.8. The molecule has 1 saturated heterocycles. The molecule has 0 bridgehead atoms. The highest BCUT2D eigenvalue weighted by atomic mass is 16.5. The van der Waals surface area contributed by atoms with Crippen molar-refractivity contribution in [3.63, 3.8) is 0 Å². The van der Waals surface area contributed by atoms with Gasteiger partial charge in [-0.3, -0.25) is 4.90 Å². The molecular formula is C18H21NO2. The number of benzene rings is 2. The molecule has 0 spiro atoms. The SMILES string of the molecule is O[C@@H]1COC[C@@H]1N(Cc1ccccc1)Cc1ccccc1. The molecule has 0 saturated carbocycles. The van der Waals surface area contributed by atoms with E-state index < -0.39 is 6.10 Å². The molecule has 0 aromatic heterocycles. The predicted octanol–water partition coefficient (Wildman–Crippen LogP) is 2.45. The lowest BCUT2D eigenvalue weighted by Gasteiger charge is -2.30. The summed E-state index contributed by atoms with van der Waals surface area (Å²) in [5.41, 5.74) is 2.51. The van der Waals surface area contributed by atoms with Gasteiger partial charge in [0.25, 0.3) is 0 Å². The lowest BCUT2D eigenvalue weighted by molar-refractivity contribution is 0.0727. The average Bonchev–Trinajstić information content (AvgIpc) is 2.95. The minimum Gasteiger partial charge on any atom is -0.389 e. The fourth-order valence-electron chi connectivity index (χ4n) is 2.81. The smallest absolute Gasteiger partial charge is 0.0951 e. The van der Waals surface area contributed by atoms with Crippen LogP contribution < -0.4 is 0 Å². The molecule has 3 heteroatoms. The summed E-state index contributed by atoms with van der Waals surface area (Å²) in [6.07, 6.45) is -0.405. The minimum absolute atomic E-state index is 0.0606. The third kappa shape index (κ3) is 3.70. The molecule has 21 heavy (non-hydrogen) atoms. The first-order valence-electron chi connectivity index (χ1n) is 7.40. The zero-order valence-electron chi connectivity index (χ0n) is 12.1. The summed E-state index contributed by atoms with van der Waals surface area (Å²) < 4.78 is 5.43. The molecule has 110 valence electrons. The van der Waals surface area contributed by atoms with Crippen molar-refractivity contribution in [2.24, 2.45) is 0 Å². The first-order chi connectivity index (χ1) is 10.3. The van der Waals surface area contributed by atoms with Crippen LogP contribution in [0.3, 0.4) is 0 Å². The standard InChI is InChI=1S/C18H21NO2/c20-18-14-21-13-17(18)19(11-15-7-3-1-4-8-15)12-16-9-5-2-6-10-16/h1-10,17-18,20H,11-14H2/t17-,18+/m0/s1. The van der Waals surface area contributed by atoms with Gasteiger partial charge in [0, 0.05) is 13.1 Å². The molecule has 1 fully saturated rings. The van der Waals surface area contributed by atoms with E-state index >= 15 is 0 Å². The Balaban J connectivity index is 1.77. The van der Waals surface area contributed by atoms with Crippen molar-refractivity contribution in [1.29, 1.82) is 0 Å². The molecule has 1 aliphatic rings. The van der Waals surface area contributed by atoms with Gasteiger partial charge in [0.15, 0.2) is 0 Å².